The Labute approximate surface area is 143 Å². The van der Waals surface area contributed by atoms with Crippen molar-refractivity contribution in [3.63, 3.8) is 0 Å². The Kier molecular flexibility index (Phi) is 8.64. The van der Waals surface area contributed by atoms with Crippen molar-refractivity contribution in [2.45, 2.75) is 13.3 Å². The highest BCUT2D eigenvalue weighted by Crippen LogP contribution is 2.27. The van der Waals surface area contributed by atoms with Crippen molar-refractivity contribution >= 4 is 11.8 Å². The van der Waals surface area contributed by atoms with Crippen LogP contribution in [0.3, 0.4) is 0 Å². The molecule has 0 saturated heterocycles. The van der Waals surface area contributed by atoms with Crippen LogP contribution in [0, 0.1) is 0 Å². The van der Waals surface area contributed by atoms with Crippen LogP contribution in [0.1, 0.15) is 12.5 Å². The Morgan fingerprint density at radius 2 is 1.79 bits per heavy atom. The van der Waals surface area contributed by atoms with E-state index in [1.807, 2.05) is 37.1 Å². The van der Waals surface area contributed by atoms with Gasteiger partial charge in [0.25, 0.3) is 0 Å². The van der Waals surface area contributed by atoms with E-state index < -0.39 is 0 Å². The van der Waals surface area contributed by atoms with Crippen molar-refractivity contribution in [1.82, 2.24) is 15.5 Å². The van der Waals surface area contributed by atoms with Gasteiger partial charge in [-0.05, 0) is 38.1 Å². The van der Waals surface area contributed by atoms with Gasteiger partial charge >= 0.3 is 0 Å². The first kappa shape index (κ1) is 19.8. The van der Waals surface area contributed by atoms with E-state index in [1.54, 1.807) is 14.2 Å². The average molecular weight is 337 g/mol. The summed E-state index contributed by atoms with van der Waals surface area (Å²) in [6, 6.07) is 5.78. The van der Waals surface area contributed by atoms with E-state index in [1.165, 1.54) is 0 Å². The van der Waals surface area contributed by atoms with Crippen molar-refractivity contribution in [3.05, 3.63) is 23.8 Å². The number of benzene rings is 1. The summed E-state index contributed by atoms with van der Waals surface area (Å²) in [5, 5.41) is 5.23. The first-order chi connectivity index (χ1) is 11.5. The van der Waals surface area contributed by atoms with Gasteiger partial charge in [0, 0.05) is 13.1 Å². The largest absolute Gasteiger partial charge is 0.493 e. The maximum atomic E-state index is 11.8. The van der Waals surface area contributed by atoms with Crippen LogP contribution in [0.25, 0.3) is 0 Å². The SMILES string of the molecule is CCNC(=O)CNC(=O)CN(C)CCc1ccc(OC)c(OC)c1. The number of ether oxygens (including phenoxy) is 2. The van der Waals surface area contributed by atoms with E-state index in [-0.39, 0.29) is 24.9 Å². The monoisotopic (exact) mass is 337 g/mol. The van der Waals surface area contributed by atoms with Crippen molar-refractivity contribution < 1.29 is 19.1 Å². The molecule has 1 aromatic carbocycles. The molecule has 0 aliphatic rings. The normalized spacial score (nSPS) is 10.4. The molecule has 24 heavy (non-hydrogen) atoms. The number of rotatable bonds is 10. The minimum atomic E-state index is -0.182. The van der Waals surface area contributed by atoms with Crippen molar-refractivity contribution in [1.29, 1.82) is 0 Å². The number of carbonyl (C=O) groups excluding carboxylic acids is 2. The minimum absolute atomic E-state index is 0.0101. The van der Waals surface area contributed by atoms with Crippen LogP contribution in [0.2, 0.25) is 0 Å². The van der Waals surface area contributed by atoms with Gasteiger partial charge in [0.05, 0.1) is 27.3 Å². The second-order valence-corrected chi connectivity index (χ2v) is 5.41. The second kappa shape index (κ2) is 10.5. The zero-order chi connectivity index (χ0) is 17.9. The molecule has 1 rings (SSSR count). The summed E-state index contributed by atoms with van der Waals surface area (Å²) in [6.45, 7) is 3.36. The van der Waals surface area contributed by atoms with Crippen molar-refractivity contribution in [3.8, 4) is 11.5 Å². The van der Waals surface area contributed by atoms with E-state index in [0.717, 1.165) is 12.0 Å². The van der Waals surface area contributed by atoms with E-state index >= 15 is 0 Å². The predicted octanol–water partition coefficient (Wildman–Crippen LogP) is 0.430. The van der Waals surface area contributed by atoms with Gasteiger partial charge in [-0.25, -0.2) is 0 Å². The quantitative estimate of drug-likeness (QED) is 0.647. The standard InChI is InChI=1S/C17H27N3O4/c1-5-18-16(21)11-19-17(22)12-20(2)9-8-13-6-7-14(23-3)15(10-13)24-4/h6-7,10H,5,8-9,11-12H2,1-4H3,(H,18,21)(H,19,22). The van der Waals surface area contributed by atoms with Crippen LogP contribution in [-0.2, 0) is 16.0 Å². The lowest BCUT2D eigenvalue weighted by atomic mass is 10.1. The maximum Gasteiger partial charge on any atom is 0.239 e. The summed E-state index contributed by atoms with van der Waals surface area (Å²) in [7, 11) is 5.07. The van der Waals surface area contributed by atoms with Gasteiger partial charge < -0.3 is 20.1 Å². The third kappa shape index (κ3) is 6.87. The Bertz CT molecular complexity index is 549. The molecular weight excluding hydrogens is 310 g/mol. The Morgan fingerprint density at radius 1 is 1.08 bits per heavy atom. The van der Waals surface area contributed by atoms with E-state index in [0.29, 0.717) is 24.6 Å². The first-order valence-corrected chi connectivity index (χ1v) is 7.93. The van der Waals surface area contributed by atoms with Crippen LogP contribution in [0.5, 0.6) is 11.5 Å². The number of nitrogens with one attached hydrogen (secondary N) is 2. The summed E-state index contributed by atoms with van der Waals surface area (Å²) >= 11 is 0. The van der Waals surface area contributed by atoms with Crippen LogP contribution in [-0.4, -0.2) is 64.2 Å². The third-order valence-corrected chi connectivity index (χ3v) is 3.46. The molecule has 0 aliphatic carbocycles. The van der Waals surface area contributed by atoms with E-state index in [4.69, 9.17) is 9.47 Å². The van der Waals surface area contributed by atoms with Crippen LogP contribution in [0.15, 0.2) is 18.2 Å². The number of amides is 2. The molecule has 0 heterocycles. The highest BCUT2D eigenvalue weighted by molar-refractivity contribution is 5.85. The number of likely N-dealkylation sites (N-methyl/N-ethyl adjacent to an activating group) is 2. The number of methoxy groups -OCH3 is 2. The fraction of sp³-hybridized carbons (Fsp3) is 0.529. The van der Waals surface area contributed by atoms with Gasteiger partial charge in [-0.1, -0.05) is 6.07 Å². The van der Waals surface area contributed by atoms with Gasteiger partial charge in [0.2, 0.25) is 11.8 Å². The third-order valence-electron chi connectivity index (χ3n) is 3.46. The zero-order valence-corrected chi connectivity index (χ0v) is 14.8. The molecule has 0 radical (unpaired) electrons. The first-order valence-electron chi connectivity index (χ1n) is 7.93. The van der Waals surface area contributed by atoms with Gasteiger partial charge in [0.15, 0.2) is 11.5 Å². The highest BCUT2D eigenvalue weighted by Gasteiger charge is 2.09. The Hall–Kier alpha value is -2.28. The highest BCUT2D eigenvalue weighted by atomic mass is 16.5. The summed E-state index contributed by atoms with van der Waals surface area (Å²) in [5.74, 6) is 1.03. The second-order valence-electron chi connectivity index (χ2n) is 5.41. The maximum absolute atomic E-state index is 11.8. The average Bonchev–Trinajstić information content (AvgIpc) is 2.58. The molecule has 0 unspecified atom stereocenters. The van der Waals surface area contributed by atoms with Crippen molar-refractivity contribution in [2.24, 2.45) is 0 Å². The van der Waals surface area contributed by atoms with Gasteiger partial charge in [0.1, 0.15) is 0 Å². The molecule has 134 valence electrons. The lowest BCUT2D eigenvalue weighted by molar-refractivity contribution is -0.126. The summed E-state index contributed by atoms with van der Waals surface area (Å²) in [6.07, 6.45) is 0.778. The molecule has 7 nitrogen and oxygen atoms in total. The fourth-order valence-electron chi connectivity index (χ4n) is 2.17. The van der Waals surface area contributed by atoms with Gasteiger partial charge in [-0.2, -0.15) is 0 Å². The predicted molar refractivity (Wildman–Crippen MR) is 92.4 cm³/mol. The zero-order valence-electron chi connectivity index (χ0n) is 14.8. The molecule has 2 amide bonds. The van der Waals surface area contributed by atoms with Crippen molar-refractivity contribution in [2.75, 3.05) is 47.4 Å². The molecule has 0 aliphatic heterocycles. The van der Waals surface area contributed by atoms with Crippen LogP contribution >= 0.6 is 0 Å². The Morgan fingerprint density at radius 3 is 2.42 bits per heavy atom. The summed E-state index contributed by atoms with van der Waals surface area (Å²) < 4.78 is 10.5. The molecule has 0 atom stereocenters. The molecule has 2 N–H and O–H groups in total. The lowest BCUT2D eigenvalue weighted by Crippen LogP contribution is -2.41. The number of nitrogens with zero attached hydrogens (tertiary/aromatic N) is 1. The molecular formula is C17H27N3O4. The van der Waals surface area contributed by atoms with E-state index in [2.05, 4.69) is 10.6 Å². The fourth-order valence-corrected chi connectivity index (χ4v) is 2.17. The molecule has 7 heteroatoms. The molecule has 1 aromatic rings. The molecule has 0 spiro atoms. The number of hydrogen-bond donors (Lipinski definition) is 2. The van der Waals surface area contributed by atoms with E-state index in [9.17, 15) is 9.59 Å². The topological polar surface area (TPSA) is 79.9 Å². The summed E-state index contributed by atoms with van der Waals surface area (Å²) in [5.41, 5.74) is 1.10. The smallest absolute Gasteiger partial charge is 0.239 e. The molecule has 0 bridgehead atoms. The number of hydrogen-bond acceptors (Lipinski definition) is 5. The van der Waals surface area contributed by atoms with Crippen LogP contribution in [0.4, 0.5) is 0 Å². The number of carbonyl (C=O) groups is 2. The Balaban J connectivity index is 2.39. The molecule has 0 saturated carbocycles. The minimum Gasteiger partial charge on any atom is -0.493 e. The summed E-state index contributed by atoms with van der Waals surface area (Å²) in [4.78, 5) is 25.0. The molecule has 0 aromatic heterocycles. The molecule has 0 fully saturated rings. The van der Waals surface area contributed by atoms with Gasteiger partial charge in [-0.3, -0.25) is 14.5 Å². The lowest BCUT2D eigenvalue weighted by Gasteiger charge is -2.17. The van der Waals surface area contributed by atoms with Crippen LogP contribution < -0.4 is 20.1 Å². The van der Waals surface area contributed by atoms with Gasteiger partial charge in [-0.15, -0.1) is 0 Å².